The summed E-state index contributed by atoms with van der Waals surface area (Å²) in [6, 6.07) is 11.5. The minimum absolute atomic E-state index is 0.0403. The SMILES string of the molecule is Cc1ccc2c(c1)OCC(=O)N2Cc1nc(-c2cccc(F)c2)no1. The lowest BCUT2D eigenvalue weighted by atomic mass is 10.1. The van der Waals surface area contributed by atoms with E-state index in [1.54, 1.807) is 17.0 Å². The van der Waals surface area contributed by atoms with E-state index in [4.69, 9.17) is 9.26 Å². The minimum atomic E-state index is -0.378. The van der Waals surface area contributed by atoms with E-state index in [9.17, 15) is 9.18 Å². The van der Waals surface area contributed by atoms with E-state index in [-0.39, 0.29) is 36.6 Å². The summed E-state index contributed by atoms with van der Waals surface area (Å²) in [6.45, 7) is 2.04. The molecule has 0 aliphatic carbocycles. The van der Waals surface area contributed by atoms with Crippen LogP contribution in [0.15, 0.2) is 47.0 Å². The highest BCUT2D eigenvalue weighted by Gasteiger charge is 2.27. The van der Waals surface area contributed by atoms with E-state index < -0.39 is 0 Å². The van der Waals surface area contributed by atoms with E-state index in [0.29, 0.717) is 17.0 Å². The van der Waals surface area contributed by atoms with Crippen molar-refractivity contribution in [3.05, 3.63) is 59.7 Å². The van der Waals surface area contributed by atoms with Crippen molar-refractivity contribution in [1.29, 1.82) is 0 Å². The van der Waals surface area contributed by atoms with Gasteiger partial charge in [0.15, 0.2) is 6.61 Å². The third kappa shape index (κ3) is 2.96. The predicted molar refractivity (Wildman–Crippen MR) is 87.6 cm³/mol. The van der Waals surface area contributed by atoms with Crippen molar-refractivity contribution in [2.45, 2.75) is 13.5 Å². The molecule has 2 aromatic carbocycles. The first kappa shape index (κ1) is 15.3. The lowest BCUT2D eigenvalue weighted by Gasteiger charge is -2.28. The fourth-order valence-corrected chi connectivity index (χ4v) is 2.68. The second-order valence-electron chi connectivity index (χ2n) is 5.76. The van der Waals surface area contributed by atoms with Gasteiger partial charge in [-0.25, -0.2) is 4.39 Å². The smallest absolute Gasteiger partial charge is 0.265 e. The van der Waals surface area contributed by atoms with Crippen molar-refractivity contribution in [3.8, 4) is 17.1 Å². The maximum Gasteiger partial charge on any atom is 0.265 e. The van der Waals surface area contributed by atoms with E-state index in [0.717, 1.165) is 5.56 Å². The Balaban J connectivity index is 1.62. The molecule has 0 N–H and O–H groups in total. The minimum Gasteiger partial charge on any atom is -0.482 e. The fourth-order valence-electron chi connectivity index (χ4n) is 2.68. The molecule has 1 aliphatic rings. The van der Waals surface area contributed by atoms with Crippen molar-refractivity contribution >= 4 is 11.6 Å². The van der Waals surface area contributed by atoms with Crippen LogP contribution >= 0.6 is 0 Å². The summed E-state index contributed by atoms with van der Waals surface area (Å²) in [5.74, 6) is 0.614. The Hall–Kier alpha value is -3.22. The number of aryl methyl sites for hydroxylation is 1. The van der Waals surface area contributed by atoms with E-state index in [2.05, 4.69) is 10.1 Å². The van der Waals surface area contributed by atoms with E-state index in [1.807, 2.05) is 25.1 Å². The van der Waals surface area contributed by atoms with Crippen LogP contribution in [-0.4, -0.2) is 22.7 Å². The summed E-state index contributed by atoms with van der Waals surface area (Å²) in [4.78, 5) is 18.0. The number of rotatable bonds is 3. The van der Waals surface area contributed by atoms with Gasteiger partial charge in [0.05, 0.1) is 5.69 Å². The molecule has 0 bridgehead atoms. The Bertz CT molecular complexity index is 954. The van der Waals surface area contributed by atoms with Crippen LogP contribution in [0.2, 0.25) is 0 Å². The number of anilines is 1. The Morgan fingerprint density at radius 3 is 2.96 bits per heavy atom. The Labute approximate surface area is 142 Å². The van der Waals surface area contributed by atoms with Gasteiger partial charge in [-0.3, -0.25) is 9.69 Å². The zero-order valence-corrected chi connectivity index (χ0v) is 13.4. The second kappa shape index (κ2) is 6.01. The number of benzene rings is 2. The molecule has 0 unspecified atom stereocenters. The van der Waals surface area contributed by atoms with Gasteiger partial charge < -0.3 is 9.26 Å². The predicted octanol–water partition coefficient (Wildman–Crippen LogP) is 3.11. The van der Waals surface area contributed by atoms with Crippen molar-refractivity contribution in [2.24, 2.45) is 0 Å². The van der Waals surface area contributed by atoms with Gasteiger partial charge in [-0.1, -0.05) is 23.4 Å². The number of amides is 1. The van der Waals surface area contributed by atoms with E-state index >= 15 is 0 Å². The van der Waals surface area contributed by atoms with Gasteiger partial charge in [-0.15, -0.1) is 0 Å². The summed E-state index contributed by atoms with van der Waals surface area (Å²) in [7, 11) is 0. The molecule has 0 saturated carbocycles. The number of carbonyl (C=O) groups excluding carboxylic acids is 1. The van der Waals surface area contributed by atoms with Crippen molar-refractivity contribution in [3.63, 3.8) is 0 Å². The van der Waals surface area contributed by atoms with Crippen LogP contribution in [0.5, 0.6) is 5.75 Å². The second-order valence-corrected chi connectivity index (χ2v) is 5.76. The van der Waals surface area contributed by atoms with Crippen LogP contribution in [0.3, 0.4) is 0 Å². The van der Waals surface area contributed by atoms with Crippen LogP contribution in [0.1, 0.15) is 11.5 Å². The first-order chi connectivity index (χ1) is 12.1. The lowest BCUT2D eigenvalue weighted by molar-refractivity contribution is -0.121. The Morgan fingerprint density at radius 1 is 1.24 bits per heavy atom. The maximum absolute atomic E-state index is 13.3. The lowest BCUT2D eigenvalue weighted by Crippen LogP contribution is -2.38. The number of hydrogen-bond acceptors (Lipinski definition) is 5. The highest BCUT2D eigenvalue weighted by Crippen LogP contribution is 2.33. The summed E-state index contributed by atoms with van der Waals surface area (Å²) in [5.41, 5.74) is 2.21. The van der Waals surface area contributed by atoms with Crippen LogP contribution in [0.25, 0.3) is 11.4 Å². The number of ether oxygens (including phenoxy) is 1. The van der Waals surface area contributed by atoms with E-state index in [1.165, 1.54) is 12.1 Å². The number of carbonyl (C=O) groups is 1. The zero-order valence-electron chi connectivity index (χ0n) is 13.4. The Kier molecular flexibility index (Phi) is 3.68. The van der Waals surface area contributed by atoms with Crippen LogP contribution in [-0.2, 0) is 11.3 Å². The molecule has 0 atom stereocenters. The molecule has 0 saturated heterocycles. The number of halogens is 1. The molecule has 0 radical (unpaired) electrons. The van der Waals surface area contributed by atoms with Gasteiger partial charge in [0.1, 0.15) is 18.1 Å². The van der Waals surface area contributed by atoms with Gasteiger partial charge >= 0.3 is 0 Å². The molecule has 25 heavy (non-hydrogen) atoms. The van der Waals surface area contributed by atoms with Gasteiger partial charge in [-0.05, 0) is 36.8 Å². The third-order valence-corrected chi connectivity index (χ3v) is 3.90. The van der Waals surface area contributed by atoms with Crippen molar-refractivity contribution in [2.75, 3.05) is 11.5 Å². The molecule has 3 aromatic rings. The first-order valence-electron chi connectivity index (χ1n) is 7.72. The number of aromatic nitrogens is 2. The summed E-state index contributed by atoms with van der Waals surface area (Å²) in [5, 5.41) is 3.87. The topological polar surface area (TPSA) is 68.5 Å². The normalized spacial score (nSPS) is 13.5. The van der Waals surface area contributed by atoms with Gasteiger partial charge in [0, 0.05) is 5.56 Å². The highest BCUT2D eigenvalue weighted by atomic mass is 19.1. The summed E-state index contributed by atoms with van der Waals surface area (Å²) < 4.78 is 24.0. The molecule has 4 rings (SSSR count). The number of fused-ring (bicyclic) bond motifs is 1. The standard InChI is InChI=1S/C18H14FN3O3/c1-11-5-6-14-15(7-11)24-10-17(23)22(14)9-16-20-18(21-25-16)12-3-2-4-13(19)8-12/h2-8H,9-10H2,1H3. The highest BCUT2D eigenvalue weighted by molar-refractivity contribution is 5.97. The molecule has 2 heterocycles. The maximum atomic E-state index is 13.3. The average molecular weight is 339 g/mol. The monoisotopic (exact) mass is 339 g/mol. The van der Waals surface area contributed by atoms with Gasteiger partial charge in [-0.2, -0.15) is 4.98 Å². The third-order valence-electron chi connectivity index (χ3n) is 3.90. The van der Waals surface area contributed by atoms with Gasteiger partial charge in [0.25, 0.3) is 5.91 Å². The summed E-state index contributed by atoms with van der Waals surface area (Å²) >= 11 is 0. The molecule has 126 valence electrons. The van der Waals surface area contributed by atoms with Gasteiger partial charge in [0.2, 0.25) is 11.7 Å². The molecule has 1 amide bonds. The largest absolute Gasteiger partial charge is 0.482 e. The van der Waals surface area contributed by atoms with Crippen molar-refractivity contribution in [1.82, 2.24) is 10.1 Å². The molecule has 0 spiro atoms. The summed E-state index contributed by atoms with van der Waals surface area (Å²) in [6.07, 6.45) is 0. The molecular weight excluding hydrogens is 325 g/mol. The molecule has 7 heteroatoms. The molecule has 6 nitrogen and oxygen atoms in total. The van der Waals surface area contributed by atoms with Crippen molar-refractivity contribution < 1.29 is 18.4 Å². The number of nitrogens with zero attached hydrogens (tertiary/aromatic N) is 3. The average Bonchev–Trinajstić information content (AvgIpc) is 3.06. The van der Waals surface area contributed by atoms with Crippen LogP contribution in [0, 0.1) is 12.7 Å². The van der Waals surface area contributed by atoms with Crippen LogP contribution in [0.4, 0.5) is 10.1 Å². The zero-order chi connectivity index (χ0) is 17.4. The first-order valence-corrected chi connectivity index (χ1v) is 7.72. The molecular formula is C18H14FN3O3. The molecule has 1 aliphatic heterocycles. The van der Waals surface area contributed by atoms with Crippen LogP contribution < -0.4 is 9.64 Å². The fraction of sp³-hybridized carbons (Fsp3) is 0.167. The quantitative estimate of drug-likeness (QED) is 0.733. The molecule has 0 fully saturated rings. The molecule has 1 aromatic heterocycles. The Morgan fingerprint density at radius 2 is 2.12 bits per heavy atom. The number of hydrogen-bond donors (Lipinski definition) is 0.